The lowest BCUT2D eigenvalue weighted by Gasteiger charge is -2.19. The zero-order chi connectivity index (χ0) is 23.5. The van der Waals surface area contributed by atoms with Gasteiger partial charge in [-0.2, -0.15) is 0 Å². The average Bonchev–Trinajstić information content (AvgIpc) is 2.79. The molecule has 0 bridgehead atoms. The molecule has 3 aromatic carbocycles. The van der Waals surface area contributed by atoms with Crippen LogP contribution < -0.4 is 10.9 Å². The Morgan fingerprint density at radius 1 is 1.00 bits per heavy atom. The van der Waals surface area contributed by atoms with E-state index in [1.165, 1.54) is 11.8 Å². The summed E-state index contributed by atoms with van der Waals surface area (Å²) in [5, 5.41) is 4.06. The van der Waals surface area contributed by atoms with Crippen LogP contribution in [0.3, 0.4) is 0 Å². The molecule has 0 saturated heterocycles. The Morgan fingerprint density at radius 2 is 1.70 bits per heavy atom. The number of nitrogens with one attached hydrogen (secondary N) is 1. The zero-order valence-corrected chi connectivity index (χ0v) is 20.2. The number of amides is 1. The number of thioether (sulfide) groups is 1. The minimum absolute atomic E-state index is 0.110. The summed E-state index contributed by atoms with van der Waals surface area (Å²) in [5.41, 5.74) is 3.09. The molecule has 1 N–H and O–H groups in total. The second kappa shape index (κ2) is 9.81. The number of aromatic nitrogens is 2. The first-order chi connectivity index (χ1) is 15.8. The molecule has 7 heteroatoms. The summed E-state index contributed by atoms with van der Waals surface area (Å²) in [7, 11) is 0. The molecule has 1 atom stereocenters. The minimum atomic E-state index is -0.484. The first-order valence-corrected chi connectivity index (χ1v) is 11.9. The van der Waals surface area contributed by atoms with E-state index in [-0.39, 0.29) is 17.5 Å². The molecule has 4 aromatic rings. The topological polar surface area (TPSA) is 64.0 Å². The second-order valence-corrected chi connectivity index (χ2v) is 9.73. The van der Waals surface area contributed by atoms with Gasteiger partial charge in [-0.05, 0) is 50.6 Å². The van der Waals surface area contributed by atoms with Crippen molar-refractivity contribution in [3.05, 3.63) is 88.2 Å². The molecule has 1 amide bonds. The number of carbonyl (C=O) groups excluding carboxylic acids is 1. The van der Waals surface area contributed by atoms with E-state index in [0.717, 1.165) is 16.8 Å². The van der Waals surface area contributed by atoms with Crippen molar-refractivity contribution in [3.63, 3.8) is 0 Å². The van der Waals surface area contributed by atoms with Crippen molar-refractivity contribution in [2.24, 2.45) is 0 Å². The van der Waals surface area contributed by atoms with Gasteiger partial charge in [0.25, 0.3) is 5.56 Å². The highest BCUT2D eigenvalue weighted by Crippen LogP contribution is 2.30. The molecule has 1 aromatic heterocycles. The lowest BCUT2D eigenvalue weighted by molar-refractivity contribution is -0.115. The van der Waals surface area contributed by atoms with Gasteiger partial charge in [-0.25, -0.2) is 4.98 Å². The molecule has 1 unspecified atom stereocenters. The van der Waals surface area contributed by atoms with Crippen molar-refractivity contribution in [2.75, 3.05) is 5.32 Å². The van der Waals surface area contributed by atoms with E-state index in [1.807, 2.05) is 75.4 Å². The molecule has 0 spiro atoms. The summed E-state index contributed by atoms with van der Waals surface area (Å²) in [4.78, 5) is 30.9. The van der Waals surface area contributed by atoms with E-state index < -0.39 is 5.25 Å². The highest BCUT2D eigenvalue weighted by Gasteiger charge is 2.21. The summed E-state index contributed by atoms with van der Waals surface area (Å²) in [6.07, 6.45) is 0. The fourth-order valence-electron chi connectivity index (χ4n) is 3.60. The summed E-state index contributed by atoms with van der Waals surface area (Å²) in [5.74, 6) is -0.167. The van der Waals surface area contributed by atoms with Gasteiger partial charge in [0.1, 0.15) is 0 Å². The molecule has 33 heavy (non-hydrogen) atoms. The molecular formula is C26H24ClN3O2S. The number of halogens is 1. The number of anilines is 1. The van der Waals surface area contributed by atoms with Crippen molar-refractivity contribution in [1.29, 1.82) is 0 Å². The van der Waals surface area contributed by atoms with E-state index in [9.17, 15) is 9.59 Å². The summed E-state index contributed by atoms with van der Waals surface area (Å²) in [6, 6.07) is 22.6. The van der Waals surface area contributed by atoms with Crippen LogP contribution in [0.4, 0.5) is 5.69 Å². The monoisotopic (exact) mass is 477 g/mol. The first kappa shape index (κ1) is 23.1. The smallest absolute Gasteiger partial charge is 0.262 e. The Balaban J connectivity index is 1.63. The van der Waals surface area contributed by atoms with E-state index >= 15 is 0 Å². The van der Waals surface area contributed by atoms with Crippen LogP contribution in [0.5, 0.6) is 0 Å². The molecule has 4 rings (SSSR count). The molecule has 168 valence electrons. The third-order valence-corrected chi connectivity index (χ3v) is 6.57. The number of para-hydroxylation sites is 1. The van der Waals surface area contributed by atoms with E-state index in [2.05, 4.69) is 10.3 Å². The molecular weight excluding hydrogens is 454 g/mol. The van der Waals surface area contributed by atoms with Crippen LogP contribution in [0, 0.1) is 0 Å². The molecule has 1 heterocycles. The maximum Gasteiger partial charge on any atom is 0.262 e. The number of fused-ring (bicyclic) bond motifs is 1. The molecule has 0 aliphatic heterocycles. The summed E-state index contributed by atoms with van der Waals surface area (Å²) >= 11 is 7.38. The van der Waals surface area contributed by atoms with Gasteiger partial charge in [0, 0.05) is 22.3 Å². The van der Waals surface area contributed by atoms with Crippen LogP contribution in [0.2, 0.25) is 5.02 Å². The Kier molecular flexibility index (Phi) is 6.86. The largest absolute Gasteiger partial charge is 0.325 e. The minimum Gasteiger partial charge on any atom is -0.325 e. The second-order valence-electron chi connectivity index (χ2n) is 7.99. The van der Waals surface area contributed by atoms with Crippen molar-refractivity contribution >= 4 is 45.9 Å². The van der Waals surface area contributed by atoms with Crippen molar-refractivity contribution in [2.45, 2.75) is 37.2 Å². The Labute approximate surface area is 201 Å². The van der Waals surface area contributed by atoms with E-state index in [0.29, 0.717) is 21.1 Å². The van der Waals surface area contributed by atoms with Crippen molar-refractivity contribution in [3.8, 4) is 11.1 Å². The third-order valence-electron chi connectivity index (χ3n) is 5.27. The van der Waals surface area contributed by atoms with Gasteiger partial charge in [0.05, 0.1) is 16.2 Å². The maximum absolute atomic E-state index is 13.1. The van der Waals surface area contributed by atoms with E-state index in [4.69, 9.17) is 11.6 Å². The standard InChI is InChI=1S/C26H24ClN3O2S/c1-16(2)30-25(32)21-14-13-19(27)15-23(21)29-26(30)33-17(3)24(31)28-22-12-8-7-11-20(22)18-9-5-4-6-10-18/h4-17H,1-3H3,(H,28,31). The van der Waals surface area contributed by atoms with Crippen LogP contribution in [0.25, 0.3) is 22.0 Å². The SMILES string of the molecule is CC(Sc1nc2cc(Cl)ccc2c(=O)n1C(C)C)C(=O)Nc1ccccc1-c1ccccc1. The van der Waals surface area contributed by atoms with Gasteiger partial charge in [-0.15, -0.1) is 0 Å². The summed E-state index contributed by atoms with van der Waals surface area (Å²) in [6.45, 7) is 5.66. The van der Waals surface area contributed by atoms with Crippen LogP contribution in [-0.2, 0) is 4.79 Å². The van der Waals surface area contributed by atoms with Crippen molar-refractivity contribution < 1.29 is 4.79 Å². The fourth-order valence-corrected chi connectivity index (χ4v) is 4.80. The number of carbonyl (C=O) groups is 1. The molecule has 0 radical (unpaired) electrons. The highest BCUT2D eigenvalue weighted by molar-refractivity contribution is 8.00. The molecule has 0 aliphatic rings. The third kappa shape index (κ3) is 4.97. The number of rotatable bonds is 6. The highest BCUT2D eigenvalue weighted by atomic mass is 35.5. The molecule has 5 nitrogen and oxygen atoms in total. The van der Waals surface area contributed by atoms with Gasteiger partial charge in [-0.3, -0.25) is 14.2 Å². The van der Waals surface area contributed by atoms with Crippen molar-refractivity contribution in [1.82, 2.24) is 9.55 Å². The maximum atomic E-state index is 13.1. The number of benzene rings is 3. The van der Waals surface area contributed by atoms with Crippen LogP contribution in [0.15, 0.2) is 82.7 Å². The fraction of sp³-hybridized carbons (Fsp3) is 0.192. The molecule has 0 aliphatic carbocycles. The Hall–Kier alpha value is -3.09. The van der Waals surface area contributed by atoms with Gasteiger partial charge in [0.15, 0.2) is 5.16 Å². The average molecular weight is 478 g/mol. The lowest BCUT2D eigenvalue weighted by Crippen LogP contribution is -2.28. The first-order valence-electron chi connectivity index (χ1n) is 10.7. The molecule has 0 fully saturated rings. The van der Waals surface area contributed by atoms with Gasteiger partial charge < -0.3 is 5.32 Å². The zero-order valence-electron chi connectivity index (χ0n) is 18.6. The van der Waals surface area contributed by atoms with Gasteiger partial charge in [0.2, 0.25) is 5.91 Å². The Bertz CT molecular complexity index is 1370. The molecule has 0 saturated carbocycles. The van der Waals surface area contributed by atoms with E-state index in [1.54, 1.807) is 22.8 Å². The Morgan fingerprint density at radius 3 is 2.42 bits per heavy atom. The summed E-state index contributed by atoms with van der Waals surface area (Å²) < 4.78 is 1.63. The van der Waals surface area contributed by atoms with Crippen LogP contribution in [0.1, 0.15) is 26.8 Å². The number of nitrogens with zero attached hydrogens (tertiary/aromatic N) is 2. The predicted molar refractivity (Wildman–Crippen MR) is 137 cm³/mol. The number of hydrogen-bond donors (Lipinski definition) is 1. The quantitative estimate of drug-likeness (QED) is 0.257. The number of hydrogen-bond acceptors (Lipinski definition) is 4. The predicted octanol–water partition coefficient (Wildman–Crippen LogP) is 6.42. The normalized spacial score (nSPS) is 12.2. The van der Waals surface area contributed by atoms with Gasteiger partial charge in [-0.1, -0.05) is 71.9 Å². The van der Waals surface area contributed by atoms with Crippen LogP contribution in [-0.4, -0.2) is 20.7 Å². The van der Waals surface area contributed by atoms with Gasteiger partial charge >= 0.3 is 0 Å². The van der Waals surface area contributed by atoms with Crippen LogP contribution >= 0.6 is 23.4 Å². The lowest BCUT2D eigenvalue weighted by atomic mass is 10.0.